The van der Waals surface area contributed by atoms with Gasteiger partial charge in [-0.15, -0.1) is 0 Å². The van der Waals surface area contributed by atoms with Crippen LogP contribution in [0.2, 0.25) is 0 Å². The van der Waals surface area contributed by atoms with Crippen molar-refractivity contribution in [2.24, 2.45) is 46.5 Å². The summed E-state index contributed by atoms with van der Waals surface area (Å²) in [6.45, 7) is 36.4. The van der Waals surface area contributed by atoms with Crippen LogP contribution in [0.1, 0.15) is 188 Å². The number of hydrogen-bond donors (Lipinski definition) is 6. The third kappa shape index (κ3) is 15.0. The van der Waals surface area contributed by atoms with Crippen molar-refractivity contribution in [3.05, 3.63) is 88.0 Å². The monoisotopic (exact) mass is 958 g/mol. The molecule has 392 valence electrons. The Balaban J connectivity index is 0.000000238. The summed E-state index contributed by atoms with van der Waals surface area (Å²) in [5.74, 6) is 4.99. The molecule has 0 aromatic heterocycles. The fraction of sp³-hybridized carbons (Fsp3) is 0.705. The number of piperidine rings is 1. The van der Waals surface area contributed by atoms with Crippen LogP contribution in [0.5, 0.6) is 17.2 Å². The van der Waals surface area contributed by atoms with Gasteiger partial charge in [0.05, 0.1) is 12.2 Å². The third-order valence-electron chi connectivity index (χ3n) is 18.1. The van der Waals surface area contributed by atoms with Crippen molar-refractivity contribution in [3.8, 4) is 17.2 Å². The predicted octanol–water partition coefficient (Wildman–Crippen LogP) is 13.1. The molecule has 3 saturated carbocycles. The SMILES string of the molecule is CC.CC.CC(C)(O)CN.CC1(CN)CC1.CC1C2CCC[C@@]1(C)c1cc(O)ccc1C2.CC1C2CCC[C@@]1(C)c1cc(O)ccc1C2.COCCN1CC[C@@](C)(c2cc(O)ccc2C)[C@@H](C)[C@H]1C. The molecule has 0 amide bonds. The number of aryl methyl sites for hydroxylation is 1. The van der Waals surface area contributed by atoms with Gasteiger partial charge < -0.3 is 36.6 Å². The first-order valence-electron chi connectivity index (χ1n) is 27.3. The summed E-state index contributed by atoms with van der Waals surface area (Å²) >= 11 is 0. The first kappa shape index (κ1) is 60.2. The molecule has 8 nitrogen and oxygen atoms in total. The Morgan fingerprint density at radius 2 is 1.04 bits per heavy atom. The Morgan fingerprint density at radius 1 is 0.638 bits per heavy atom. The maximum absolute atomic E-state index is 9.88. The van der Waals surface area contributed by atoms with E-state index in [1.54, 1.807) is 27.0 Å². The average molecular weight is 959 g/mol. The number of likely N-dealkylation sites (tertiary alicyclic amines) is 1. The van der Waals surface area contributed by atoms with Crippen LogP contribution >= 0.6 is 0 Å². The van der Waals surface area contributed by atoms with Gasteiger partial charge in [-0.05, 0) is 220 Å². The zero-order chi connectivity index (χ0) is 52.1. The lowest BCUT2D eigenvalue weighted by Gasteiger charge is -2.50. The van der Waals surface area contributed by atoms with Gasteiger partial charge in [-0.2, -0.15) is 0 Å². The zero-order valence-electron chi connectivity index (χ0n) is 46.8. The maximum Gasteiger partial charge on any atom is 0.115 e. The van der Waals surface area contributed by atoms with Gasteiger partial charge in [0.2, 0.25) is 0 Å². The summed E-state index contributed by atoms with van der Waals surface area (Å²) in [7, 11) is 1.76. The molecule has 69 heavy (non-hydrogen) atoms. The molecular formula is C61H103N3O5. The fourth-order valence-corrected chi connectivity index (χ4v) is 12.1. The van der Waals surface area contributed by atoms with E-state index in [1.807, 2.05) is 64.1 Å². The quantitative estimate of drug-likeness (QED) is 0.143. The highest BCUT2D eigenvalue weighted by molar-refractivity contribution is 5.45. The van der Waals surface area contributed by atoms with Crippen molar-refractivity contribution in [1.82, 2.24) is 4.90 Å². The molecular weight excluding hydrogens is 855 g/mol. The number of fused-ring (bicyclic) bond motifs is 8. The summed E-state index contributed by atoms with van der Waals surface area (Å²) in [4.78, 5) is 2.52. The zero-order valence-corrected chi connectivity index (χ0v) is 46.8. The van der Waals surface area contributed by atoms with Gasteiger partial charge in [-0.1, -0.05) is 107 Å². The van der Waals surface area contributed by atoms with Crippen LogP contribution in [0.4, 0.5) is 0 Å². The van der Waals surface area contributed by atoms with E-state index in [2.05, 4.69) is 79.3 Å². The molecule has 4 bridgehead atoms. The molecule has 9 rings (SSSR count). The summed E-state index contributed by atoms with van der Waals surface area (Å²) in [5, 5.41) is 37.9. The second-order valence-electron chi connectivity index (χ2n) is 23.1. The highest BCUT2D eigenvalue weighted by Crippen LogP contribution is 2.54. The number of nitrogens with two attached hydrogens (primary N) is 2. The summed E-state index contributed by atoms with van der Waals surface area (Å²) in [6.07, 6.45) is 14.3. The van der Waals surface area contributed by atoms with E-state index >= 15 is 0 Å². The minimum absolute atomic E-state index is 0.117. The van der Waals surface area contributed by atoms with Crippen molar-refractivity contribution < 1.29 is 25.2 Å². The Labute approximate surface area is 422 Å². The first-order valence-corrected chi connectivity index (χ1v) is 27.3. The number of aromatic hydroxyl groups is 3. The van der Waals surface area contributed by atoms with Crippen LogP contribution in [-0.2, 0) is 33.8 Å². The summed E-state index contributed by atoms with van der Waals surface area (Å²) in [5.41, 5.74) is 19.4. The van der Waals surface area contributed by atoms with Crippen LogP contribution in [0.25, 0.3) is 0 Å². The van der Waals surface area contributed by atoms with Crippen LogP contribution in [0.15, 0.2) is 54.6 Å². The molecule has 8 N–H and O–H groups in total. The van der Waals surface area contributed by atoms with Gasteiger partial charge >= 0.3 is 0 Å². The van der Waals surface area contributed by atoms with Gasteiger partial charge in [0.15, 0.2) is 0 Å². The second-order valence-corrected chi connectivity index (χ2v) is 23.1. The summed E-state index contributed by atoms with van der Waals surface area (Å²) in [6, 6.07) is 18.3. The molecule has 3 aromatic carbocycles. The molecule has 1 heterocycles. The van der Waals surface area contributed by atoms with Crippen molar-refractivity contribution >= 4 is 0 Å². The van der Waals surface area contributed by atoms with Gasteiger partial charge in [-0.3, -0.25) is 4.90 Å². The van der Waals surface area contributed by atoms with E-state index in [4.69, 9.17) is 21.3 Å². The van der Waals surface area contributed by atoms with Gasteiger partial charge in [-0.25, -0.2) is 0 Å². The minimum Gasteiger partial charge on any atom is -0.508 e. The fourth-order valence-electron chi connectivity index (χ4n) is 12.1. The van der Waals surface area contributed by atoms with Crippen molar-refractivity contribution in [2.75, 3.05) is 39.9 Å². The van der Waals surface area contributed by atoms with E-state index in [-0.39, 0.29) is 5.41 Å². The number of phenolic OH excluding ortho intramolecular Hbond substituents is 3. The molecule has 0 radical (unpaired) electrons. The van der Waals surface area contributed by atoms with Crippen LogP contribution in [0.3, 0.4) is 0 Å². The van der Waals surface area contributed by atoms with E-state index in [9.17, 15) is 15.3 Å². The van der Waals surface area contributed by atoms with Gasteiger partial charge in [0.1, 0.15) is 17.2 Å². The molecule has 1 aliphatic heterocycles. The van der Waals surface area contributed by atoms with E-state index in [0.29, 0.717) is 52.0 Å². The van der Waals surface area contributed by atoms with Crippen molar-refractivity contribution in [3.63, 3.8) is 0 Å². The molecule has 6 aliphatic rings. The molecule has 8 heteroatoms. The number of hydrogen-bond acceptors (Lipinski definition) is 8. The second kappa shape index (κ2) is 26.0. The highest BCUT2D eigenvalue weighted by Gasteiger charge is 2.47. The lowest BCUT2D eigenvalue weighted by Crippen LogP contribution is -2.53. The van der Waals surface area contributed by atoms with Gasteiger partial charge in [0.25, 0.3) is 0 Å². The third-order valence-corrected chi connectivity index (χ3v) is 18.1. The van der Waals surface area contributed by atoms with Crippen molar-refractivity contribution in [1.29, 1.82) is 0 Å². The number of nitrogens with zero attached hydrogens (tertiary/aromatic N) is 1. The maximum atomic E-state index is 9.88. The lowest BCUT2D eigenvalue weighted by molar-refractivity contribution is 0.0336. The number of phenols is 3. The number of rotatable bonds is 6. The van der Waals surface area contributed by atoms with Gasteiger partial charge in [0, 0.05) is 26.2 Å². The number of aliphatic hydroxyl groups is 1. The largest absolute Gasteiger partial charge is 0.508 e. The lowest BCUT2D eigenvalue weighted by atomic mass is 9.55. The number of ether oxygens (including phenoxy) is 1. The molecule has 1 saturated heterocycles. The molecule has 4 fully saturated rings. The molecule has 3 aromatic rings. The summed E-state index contributed by atoms with van der Waals surface area (Å²) < 4.78 is 5.22. The Bertz CT molecular complexity index is 1920. The van der Waals surface area contributed by atoms with Crippen molar-refractivity contribution in [2.45, 2.75) is 202 Å². The Kier molecular flexibility index (Phi) is 22.7. The molecule has 4 unspecified atom stereocenters. The molecule has 0 spiro atoms. The molecule has 9 atom stereocenters. The predicted molar refractivity (Wildman–Crippen MR) is 293 cm³/mol. The van der Waals surface area contributed by atoms with Crippen LogP contribution in [-0.4, -0.2) is 76.9 Å². The number of methoxy groups -OCH3 is 1. The standard InChI is InChI=1S/C18H29NO2.2C15H20O.C5H11N.C4H11NO.2C2H6/c1-13-6-7-16(20)12-17(13)18(4)8-9-19(10-11-21-5)15(3)14(18)2;2*1-10-11-4-3-7-15(10,2)14-9-13(16)6-5-12(14)8-11;1-5(4-6)2-3-5;1-4(2,6)3-5;2*1-2/h6-7,12,14-15,20H,8-11H2,1-5H3;2*5-6,9-11,16H,3-4,7-8H2,1-2H3;2-4,6H2,1H3;6H,3,5H2,1-2H3;2*1-2H3/t14-,15+,18+;2*10?,11?,15-;;;;/m011..../s1. The number of benzene rings is 3. The van der Waals surface area contributed by atoms with Crippen LogP contribution < -0.4 is 11.5 Å². The Morgan fingerprint density at radius 3 is 1.42 bits per heavy atom. The van der Waals surface area contributed by atoms with Crippen LogP contribution in [0, 0.1) is 41.9 Å². The highest BCUT2D eigenvalue weighted by atomic mass is 16.5. The van der Waals surface area contributed by atoms with E-state index in [1.165, 1.54) is 97.6 Å². The first-order chi connectivity index (χ1) is 32.4. The Hall–Kier alpha value is -3.14. The topological polar surface area (TPSA) is 145 Å². The van der Waals surface area contributed by atoms with E-state index in [0.717, 1.165) is 56.3 Å². The normalized spacial score (nSPS) is 30.0. The minimum atomic E-state index is -0.681. The van der Waals surface area contributed by atoms with E-state index < -0.39 is 5.60 Å². The smallest absolute Gasteiger partial charge is 0.115 e. The average Bonchev–Trinajstić information content (AvgIpc) is 4.08. The molecule has 5 aliphatic carbocycles.